The van der Waals surface area contributed by atoms with Crippen molar-refractivity contribution in [2.24, 2.45) is 0 Å². The van der Waals surface area contributed by atoms with E-state index in [1.54, 1.807) is 18.2 Å². The van der Waals surface area contributed by atoms with Gasteiger partial charge in [0.1, 0.15) is 5.76 Å². The number of carbonyl (C=O) groups excluding carboxylic acids is 1. The van der Waals surface area contributed by atoms with Gasteiger partial charge in [0.2, 0.25) is 5.91 Å². The smallest absolute Gasteiger partial charge is 0.250 e. The van der Waals surface area contributed by atoms with Gasteiger partial charge in [-0.3, -0.25) is 10.1 Å². The average molecular weight is 377 g/mol. The summed E-state index contributed by atoms with van der Waals surface area (Å²) in [6.45, 7) is 2.11. The molecule has 2 aromatic heterocycles. The summed E-state index contributed by atoms with van der Waals surface area (Å²) >= 11 is 4.69. The van der Waals surface area contributed by atoms with Crippen LogP contribution < -0.4 is 5.32 Å². The predicted molar refractivity (Wildman–Crippen MR) is 93.1 cm³/mol. The standard InChI is InChI=1S/C16H13BrN2O2S/c1-2-10-3-6-12-13(9-10)22-16(18-12)19-15(20)8-5-11-4-7-14(17)21-11/h3-9H,2H2,1H3,(H,18,19,20)/b8-5+. The normalized spacial score (nSPS) is 11.4. The lowest BCUT2D eigenvalue weighted by Crippen LogP contribution is -2.07. The van der Waals surface area contributed by atoms with Crippen molar-refractivity contribution in [3.8, 4) is 0 Å². The number of thiazole rings is 1. The van der Waals surface area contributed by atoms with Gasteiger partial charge >= 0.3 is 0 Å². The van der Waals surface area contributed by atoms with E-state index in [2.05, 4.69) is 45.3 Å². The van der Waals surface area contributed by atoms with Crippen molar-refractivity contribution in [1.82, 2.24) is 4.98 Å². The van der Waals surface area contributed by atoms with Gasteiger partial charge < -0.3 is 4.42 Å². The Labute approximate surface area is 140 Å². The molecule has 22 heavy (non-hydrogen) atoms. The number of anilines is 1. The fraction of sp³-hybridized carbons (Fsp3) is 0.125. The number of carbonyl (C=O) groups is 1. The van der Waals surface area contributed by atoms with Crippen LogP contribution in [0.4, 0.5) is 5.13 Å². The first kappa shape index (κ1) is 15.0. The Morgan fingerprint density at radius 3 is 3.00 bits per heavy atom. The number of rotatable bonds is 4. The zero-order valence-electron chi connectivity index (χ0n) is 11.8. The SMILES string of the molecule is CCc1ccc2nc(NC(=O)/C=C/c3ccc(Br)o3)sc2c1. The van der Waals surface area contributed by atoms with E-state index in [0.29, 0.717) is 15.6 Å². The highest BCUT2D eigenvalue weighted by molar-refractivity contribution is 9.10. The quantitative estimate of drug-likeness (QED) is 0.661. The minimum Gasteiger partial charge on any atom is -0.450 e. The van der Waals surface area contributed by atoms with E-state index < -0.39 is 0 Å². The molecule has 0 unspecified atom stereocenters. The maximum absolute atomic E-state index is 11.9. The highest BCUT2D eigenvalue weighted by atomic mass is 79.9. The Morgan fingerprint density at radius 1 is 1.41 bits per heavy atom. The van der Waals surface area contributed by atoms with Crippen molar-refractivity contribution < 1.29 is 9.21 Å². The third-order valence-corrected chi connectivity index (χ3v) is 4.44. The molecule has 112 valence electrons. The number of amides is 1. The molecule has 0 spiro atoms. The first-order chi connectivity index (χ1) is 10.6. The summed E-state index contributed by atoms with van der Waals surface area (Å²) in [7, 11) is 0. The molecule has 0 saturated heterocycles. The number of fused-ring (bicyclic) bond motifs is 1. The molecule has 2 heterocycles. The van der Waals surface area contributed by atoms with E-state index >= 15 is 0 Å². The number of nitrogens with one attached hydrogen (secondary N) is 1. The number of aryl methyl sites for hydroxylation is 1. The number of nitrogens with zero attached hydrogens (tertiary/aromatic N) is 1. The zero-order chi connectivity index (χ0) is 15.5. The van der Waals surface area contributed by atoms with Crippen LogP contribution in [0.1, 0.15) is 18.2 Å². The lowest BCUT2D eigenvalue weighted by molar-refractivity contribution is -0.111. The molecular formula is C16H13BrN2O2S. The Bertz CT molecular complexity index is 851. The van der Waals surface area contributed by atoms with Crippen LogP contribution in [0.25, 0.3) is 16.3 Å². The number of furan rings is 1. The van der Waals surface area contributed by atoms with E-state index in [1.807, 2.05) is 6.07 Å². The van der Waals surface area contributed by atoms with Crippen molar-refractivity contribution in [2.75, 3.05) is 5.32 Å². The first-order valence-electron chi connectivity index (χ1n) is 6.78. The molecule has 0 saturated carbocycles. The predicted octanol–water partition coefficient (Wildman–Crippen LogP) is 4.87. The van der Waals surface area contributed by atoms with Gasteiger partial charge in [-0.1, -0.05) is 24.3 Å². The molecule has 0 bridgehead atoms. The number of hydrogen-bond donors (Lipinski definition) is 1. The molecule has 6 heteroatoms. The van der Waals surface area contributed by atoms with Crippen molar-refractivity contribution in [2.45, 2.75) is 13.3 Å². The molecule has 0 aliphatic rings. The highest BCUT2D eigenvalue weighted by Gasteiger charge is 2.06. The maximum atomic E-state index is 11.9. The van der Waals surface area contributed by atoms with E-state index in [-0.39, 0.29) is 5.91 Å². The third-order valence-electron chi connectivity index (χ3n) is 3.08. The van der Waals surface area contributed by atoms with Gasteiger partial charge in [-0.15, -0.1) is 0 Å². The van der Waals surface area contributed by atoms with Crippen LogP contribution >= 0.6 is 27.3 Å². The Balaban J connectivity index is 1.72. The second-order valence-electron chi connectivity index (χ2n) is 4.64. The maximum Gasteiger partial charge on any atom is 0.250 e. The molecule has 4 nitrogen and oxygen atoms in total. The second kappa shape index (κ2) is 6.46. The Hall–Kier alpha value is -1.92. The molecule has 3 aromatic rings. The van der Waals surface area contributed by atoms with Crippen molar-refractivity contribution in [1.29, 1.82) is 0 Å². The van der Waals surface area contributed by atoms with Gasteiger partial charge in [0.05, 0.1) is 10.2 Å². The van der Waals surface area contributed by atoms with Crippen LogP contribution in [0.15, 0.2) is 45.5 Å². The minimum atomic E-state index is -0.234. The van der Waals surface area contributed by atoms with Crippen LogP contribution in [0.5, 0.6) is 0 Å². The third kappa shape index (κ3) is 3.45. The average Bonchev–Trinajstić information content (AvgIpc) is 3.09. The van der Waals surface area contributed by atoms with Crippen molar-refractivity contribution in [3.05, 3.63) is 52.4 Å². The van der Waals surface area contributed by atoms with E-state index in [1.165, 1.54) is 23.0 Å². The molecule has 3 rings (SSSR count). The van der Waals surface area contributed by atoms with E-state index in [4.69, 9.17) is 4.42 Å². The first-order valence-corrected chi connectivity index (χ1v) is 8.39. The fourth-order valence-corrected chi connectivity index (χ4v) is 3.22. The summed E-state index contributed by atoms with van der Waals surface area (Å²) in [4.78, 5) is 16.3. The van der Waals surface area contributed by atoms with Gasteiger partial charge in [0.25, 0.3) is 0 Å². The van der Waals surface area contributed by atoms with Crippen molar-refractivity contribution in [3.63, 3.8) is 0 Å². The summed E-state index contributed by atoms with van der Waals surface area (Å²) < 4.78 is 7.00. The monoisotopic (exact) mass is 376 g/mol. The molecule has 1 amide bonds. The summed E-state index contributed by atoms with van der Waals surface area (Å²) in [5, 5.41) is 3.37. The van der Waals surface area contributed by atoms with Crippen molar-refractivity contribution >= 4 is 54.6 Å². The van der Waals surface area contributed by atoms with Crippen LogP contribution in [-0.2, 0) is 11.2 Å². The topological polar surface area (TPSA) is 55.1 Å². The largest absolute Gasteiger partial charge is 0.450 e. The summed E-state index contributed by atoms with van der Waals surface area (Å²) in [5.41, 5.74) is 2.16. The van der Waals surface area contributed by atoms with Crippen LogP contribution in [-0.4, -0.2) is 10.9 Å². The van der Waals surface area contributed by atoms with Crippen LogP contribution in [0, 0.1) is 0 Å². The van der Waals surface area contributed by atoms with Gasteiger partial charge in [0.15, 0.2) is 9.80 Å². The number of halogens is 1. The molecule has 0 aliphatic heterocycles. The number of hydrogen-bond acceptors (Lipinski definition) is 4. The summed E-state index contributed by atoms with van der Waals surface area (Å²) in [6, 6.07) is 9.70. The molecule has 1 aromatic carbocycles. The van der Waals surface area contributed by atoms with E-state index in [0.717, 1.165) is 16.6 Å². The number of aromatic nitrogens is 1. The van der Waals surface area contributed by atoms with Gasteiger partial charge in [-0.05, 0) is 58.3 Å². The lowest BCUT2D eigenvalue weighted by Gasteiger charge is -1.94. The van der Waals surface area contributed by atoms with E-state index in [9.17, 15) is 4.79 Å². The lowest BCUT2D eigenvalue weighted by atomic mass is 10.2. The molecule has 0 radical (unpaired) electrons. The van der Waals surface area contributed by atoms with Gasteiger partial charge in [-0.2, -0.15) is 0 Å². The Morgan fingerprint density at radius 2 is 2.27 bits per heavy atom. The number of benzene rings is 1. The Kier molecular flexibility index (Phi) is 4.40. The molecular weight excluding hydrogens is 364 g/mol. The second-order valence-corrected chi connectivity index (χ2v) is 6.45. The highest BCUT2D eigenvalue weighted by Crippen LogP contribution is 2.27. The van der Waals surface area contributed by atoms with Gasteiger partial charge in [-0.25, -0.2) is 4.98 Å². The van der Waals surface area contributed by atoms with Gasteiger partial charge in [0, 0.05) is 6.08 Å². The fourth-order valence-electron chi connectivity index (χ4n) is 1.97. The molecule has 0 fully saturated rings. The molecule has 0 atom stereocenters. The minimum absolute atomic E-state index is 0.234. The zero-order valence-corrected chi connectivity index (χ0v) is 14.2. The van der Waals surface area contributed by atoms with Crippen LogP contribution in [0.3, 0.4) is 0 Å². The molecule has 1 N–H and O–H groups in total. The van der Waals surface area contributed by atoms with Crippen LogP contribution in [0.2, 0.25) is 0 Å². The molecule has 0 aliphatic carbocycles. The summed E-state index contributed by atoms with van der Waals surface area (Å²) in [6.07, 6.45) is 4.02. The summed E-state index contributed by atoms with van der Waals surface area (Å²) in [5.74, 6) is 0.376.